The second-order valence-corrected chi connectivity index (χ2v) is 4.44. The zero-order valence-corrected chi connectivity index (χ0v) is 11.3. The lowest BCUT2D eigenvalue weighted by molar-refractivity contribution is 0.110. The number of halogens is 2. The lowest BCUT2D eigenvalue weighted by Gasteiger charge is -2.34. The van der Waals surface area contributed by atoms with Gasteiger partial charge in [-0.1, -0.05) is 12.1 Å². The van der Waals surface area contributed by atoms with E-state index in [-0.39, 0.29) is 30.9 Å². The zero-order chi connectivity index (χ0) is 12.3. The van der Waals surface area contributed by atoms with Crippen molar-refractivity contribution in [2.75, 3.05) is 32.8 Å². The molecule has 2 N–H and O–H groups in total. The Hall–Kier alpha value is -0.680. The molecule has 2 rings (SSSR count). The molecule has 1 fully saturated rings. The molecule has 0 spiro atoms. The fourth-order valence-corrected chi connectivity index (χ4v) is 2.39. The number of nitrogens with zero attached hydrogens (tertiary/aromatic N) is 1. The Morgan fingerprint density at radius 2 is 2.06 bits per heavy atom. The highest BCUT2D eigenvalue weighted by Crippen LogP contribution is 2.25. The smallest absolute Gasteiger partial charge is 0.126 e. The Bertz CT molecular complexity index is 383. The molecule has 1 aliphatic heterocycles. The Labute approximate surface area is 113 Å². The van der Waals surface area contributed by atoms with Gasteiger partial charge in [-0.15, -0.1) is 12.4 Å². The molecule has 0 saturated carbocycles. The quantitative estimate of drug-likeness (QED) is 0.877. The van der Waals surface area contributed by atoms with Crippen LogP contribution in [0.25, 0.3) is 0 Å². The standard InChI is InChI=1S/C13H19FN2O.ClH/c1-10-11(3-2-4-12(10)14)13(9-17)16-7-5-15-6-8-16;/h2-4,13,15,17H,5-9H2,1H3;1H/t13-;/m1./s1. The summed E-state index contributed by atoms with van der Waals surface area (Å²) in [5.41, 5.74) is 1.54. The van der Waals surface area contributed by atoms with Crippen LogP contribution in [0.4, 0.5) is 4.39 Å². The lowest BCUT2D eigenvalue weighted by atomic mass is 9.99. The normalized spacial score (nSPS) is 18.2. The molecule has 1 atom stereocenters. The van der Waals surface area contributed by atoms with Crippen LogP contribution in [0.5, 0.6) is 0 Å². The predicted molar refractivity (Wildman–Crippen MR) is 72.7 cm³/mol. The second kappa shape index (κ2) is 7.04. The second-order valence-electron chi connectivity index (χ2n) is 4.44. The molecule has 0 aliphatic carbocycles. The molecule has 1 heterocycles. The average Bonchev–Trinajstić information content (AvgIpc) is 2.37. The van der Waals surface area contributed by atoms with Crippen molar-refractivity contribution < 1.29 is 9.50 Å². The van der Waals surface area contributed by atoms with E-state index in [1.165, 1.54) is 6.07 Å². The van der Waals surface area contributed by atoms with Crippen molar-refractivity contribution in [1.82, 2.24) is 10.2 Å². The molecule has 0 aromatic heterocycles. The van der Waals surface area contributed by atoms with Crippen molar-refractivity contribution in [3.8, 4) is 0 Å². The maximum atomic E-state index is 13.5. The van der Waals surface area contributed by atoms with Crippen LogP contribution in [0.2, 0.25) is 0 Å². The van der Waals surface area contributed by atoms with E-state index in [9.17, 15) is 9.50 Å². The molecule has 1 aliphatic rings. The lowest BCUT2D eigenvalue weighted by Crippen LogP contribution is -2.46. The Balaban J connectivity index is 0.00000162. The minimum atomic E-state index is -0.198. The molecule has 3 nitrogen and oxygen atoms in total. The van der Waals surface area contributed by atoms with Gasteiger partial charge in [0.15, 0.2) is 0 Å². The highest BCUT2D eigenvalue weighted by atomic mass is 35.5. The molecule has 102 valence electrons. The fourth-order valence-electron chi connectivity index (χ4n) is 2.39. The van der Waals surface area contributed by atoms with Crippen molar-refractivity contribution in [3.05, 3.63) is 35.1 Å². The maximum absolute atomic E-state index is 13.5. The van der Waals surface area contributed by atoms with Crippen molar-refractivity contribution >= 4 is 12.4 Å². The summed E-state index contributed by atoms with van der Waals surface area (Å²) in [4.78, 5) is 2.21. The number of hydrogen-bond donors (Lipinski definition) is 2. The Kier molecular flexibility index (Phi) is 6.02. The molecule has 0 bridgehead atoms. The van der Waals surface area contributed by atoms with Gasteiger partial charge in [0.1, 0.15) is 5.82 Å². The SMILES string of the molecule is Cc1c(F)cccc1[C@@H](CO)N1CCNCC1.Cl. The molecule has 0 amide bonds. The minimum Gasteiger partial charge on any atom is -0.394 e. The zero-order valence-electron chi connectivity index (χ0n) is 10.5. The molecule has 0 unspecified atom stereocenters. The summed E-state index contributed by atoms with van der Waals surface area (Å²) in [5.74, 6) is -0.198. The maximum Gasteiger partial charge on any atom is 0.126 e. The van der Waals surface area contributed by atoms with E-state index < -0.39 is 0 Å². The summed E-state index contributed by atoms with van der Waals surface area (Å²) in [6, 6.07) is 4.99. The molecular weight excluding hydrogens is 255 g/mol. The number of piperazine rings is 1. The molecule has 0 radical (unpaired) electrons. The van der Waals surface area contributed by atoms with Crippen LogP contribution in [0, 0.1) is 12.7 Å². The number of hydrogen-bond acceptors (Lipinski definition) is 3. The van der Waals surface area contributed by atoms with Crippen LogP contribution in [0.15, 0.2) is 18.2 Å². The molecule has 1 aromatic carbocycles. The third-order valence-electron chi connectivity index (χ3n) is 3.43. The van der Waals surface area contributed by atoms with Gasteiger partial charge >= 0.3 is 0 Å². The minimum absolute atomic E-state index is 0. The van der Waals surface area contributed by atoms with Crippen LogP contribution in [-0.4, -0.2) is 42.8 Å². The van der Waals surface area contributed by atoms with Crippen LogP contribution in [0.1, 0.15) is 17.2 Å². The topological polar surface area (TPSA) is 35.5 Å². The third-order valence-corrected chi connectivity index (χ3v) is 3.43. The van der Waals surface area contributed by atoms with Gasteiger partial charge in [0.05, 0.1) is 12.6 Å². The summed E-state index contributed by atoms with van der Waals surface area (Å²) in [7, 11) is 0. The van der Waals surface area contributed by atoms with E-state index >= 15 is 0 Å². The van der Waals surface area contributed by atoms with Gasteiger partial charge in [-0.05, 0) is 24.1 Å². The molecule has 1 aromatic rings. The van der Waals surface area contributed by atoms with Crippen molar-refractivity contribution in [2.24, 2.45) is 0 Å². The van der Waals surface area contributed by atoms with E-state index in [0.29, 0.717) is 5.56 Å². The van der Waals surface area contributed by atoms with E-state index in [1.54, 1.807) is 13.0 Å². The van der Waals surface area contributed by atoms with E-state index in [2.05, 4.69) is 10.2 Å². The van der Waals surface area contributed by atoms with Crippen molar-refractivity contribution in [1.29, 1.82) is 0 Å². The average molecular weight is 275 g/mol. The van der Waals surface area contributed by atoms with Gasteiger partial charge in [0, 0.05) is 26.2 Å². The van der Waals surface area contributed by atoms with Crippen molar-refractivity contribution in [3.63, 3.8) is 0 Å². The van der Waals surface area contributed by atoms with Crippen LogP contribution >= 0.6 is 12.4 Å². The van der Waals surface area contributed by atoms with E-state index in [0.717, 1.165) is 31.7 Å². The number of rotatable bonds is 3. The van der Waals surface area contributed by atoms with E-state index in [1.807, 2.05) is 6.07 Å². The van der Waals surface area contributed by atoms with Crippen LogP contribution in [0.3, 0.4) is 0 Å². The van der Waals surface area contributed by atoms with Gasteiger partial charge in [0.2, 0.25) is 0 Å². The third kappa shape index (κ3) is 3.20. The highest BCUT2D eigenvalue weighted by Gasteiger charge is 2.23. The summed E-state index contributed by atoms with van der Waals surface area (Å²) in [5, 5.41) is 12.8. The predicted octanol–water partition coefficient (Wildman–Crippen LogP) is 1.49. The summed E-state index contributed by atoms with van der Waals surface area (Å²) >= 11 is 0. The first-order valence-electron chi connectivity index (χ1n) is 6.04. The molecule has 1 saturated heterocycles. The highest BCUT2D eigenvalue weighted by molar-refractivity contribution is 5.85. The number of aliphatic hydroxyl groups excluding tert-OH is 1. The number of nitrogens with one attached hydrogen (secondary N) is 1. The Morgan fingerprint density at radius 1 is 1.39 bits per heavy atom. The van der Waals surface area contributed by atoms with Gasteiger partial charge in [0.25, 0.3) is 0 Å². The van der Waals surface area contributed by atoms with Gasteiger partial charge in [-0.2, -0.15) is 0 Å². The van der Waals surface area contributed by atoms with Crippen LogP contribution < -0.4 is 5.32 Å². The summed E-state index contributed by atoms with van der Waals surface area (Å²) < 4.78 is 13.5. The Morgan fingerprint density at radius 3 is 2.67 bits per heavy atom. The largest absolute Gasteiger partial charge is 0.394 e. The first kappa shape index (κ1) is 15.4. The molecule has 5 heteroatoms. The van der Waals surface area contributed by atoms with Gasteiger partial charge < -0.3 is 10.4 Å². The molecule has 18 heavy (non-hydrogen) atoms. The molecular formula is C13H20ClFN2O. The van der Waals surface area contributed by atoms with Crippen molar-refractivity contribution in [2.45, 2.75) is 13.0 Å². The number of aliphatic hydroxyl groups is 1. The fraction of sp³-hybridized carbons (Fsp3) is 0.538. The monoisotopic (exact) mass is 274 g/mol. The summed E-state index contributed by atoms with van der Waals surface area (Å²) in [6.07, 6.45) is 0. The van der Waals surface area contributed by atoms with E-state index in [4.69, 9.17) is 0 Å². The first-order valence-corrected chi connectivity index (χ1v) is 6.04. The summed E-state index contributed by atoms with van der Waals surface area (Å²) in [6.45, 7) is 5.43. The van der Waals surface area contributed by atoms with Gasteiger partial charge in [-0.25, -0.2) is 4.39 Å². The van der Waals surface area contributed by atoms with Gasteiger partial charge in [-0.3, -0.25) is 4.90 Å². The number of benzene rings is 1. The van der Waals surface area contributed by atoms with Crippen LogP contribution in [-0.2, 0) is 0 Å². The first-order chi connectivity index (χ1) is 8.24.